The summed E-state index contributed by atoms with van der Waals surface area (Å²) in [6, 6.07) is 18.8. The molecule has 172 valence electrons. The molecule has 8 heteroatoms. The molecule has 3 aromatic rings. The molecule has 1 aliphatic heterocycles. The summed E-state index contributed by atoms with van der Waals surface area (Å²) in [5.41, 5.74) is 2.18. The third-order valence-corrected chi connectivity index (χ3v) is 5.73. The van der Waals surface area contributed by atoms with E-state index in [1.807, 2.05) is 30.3 Å². The van der Waals surface area contributed by atoms with E-state index in [4.69, 9.17) is 21.1 Å². The number of hydrogen-bond donors (Lipinski definition) is 1. The van der Waals surface area contributed by atoms with Gasteiger partial charge in [-0.15, -0.1) is 0 Å². The third-order valence-electron chi connectivity index (χ3n) is 5.32. The molecule has 1 saturated heterocycles. The number of imide groups is 2. The number of methoxy groups -OCH3 is 1. The standard InChI is InChI=1S/C26H21ClN2O5/c1-16-20(27)9-6-10-21(16)29-25(31)19(24(30)28-26(29)32)13-18-11-12-22(23(14-18)33-2)34-15-17-7-4-3-5-8-17/h3-14H,15H2,1-2H3,(H,28,30,32)/b19-13+. The van der Waals surface area contributed by atoms with Gasteiger partial charge in [0, 0.05) is 5.02 Å². The van der Waals surface area contributed by atoms with Crippen molar-refractivity contribution in [1.29, 1.82) is 0 Å². The number of hydrogen-bond acceptors (Lipinski definition) is 5. The maximum absolute atomic E-state index is 13.2. The number of carbonyl (C=O) groups is 3. The Balaban J connectivity index is 1.63. The summed E-state index contributed by atoms with van der Waals surface area (Å²) in [4.78, 5) is 39.1. The zero-order valence-electron chi connectivity index (χ0n) is 18.5. The molecule has 1 aliphatic rings. The molecule has 3 aromatic carbocycles. The second-order valence-electron chi connectivity index (χ2n) is 7.53. The summed E-state index contributed by atoms with van der Waals surface area (Å²) < 4.78 is 11.3. The van der Waals surface area contributed by atoms with Crippen LogP contribution in [0.15, 0.2) is 72.3 Å². The van der Waals surface area contributed by atoms with Crippen molar-refractivity contribution < 1.29 is 23.9 Å². The van der Waals surface area contributed by atoms with E-state index in [0.29, 0.717) is 39.9 Å². The Morgan fingerprint density at radius 3 is 2.47 bits per heavy atom. The van der Waals surface area contributed by atoms with Gasteiger partial charge in [0.25, 0.3) is 11.8 Å². The average Bonchev–Trinajstić information content (AvgIpc) is 2.84. The smallest absolute Gasteiger partial charge is 0.335 e. The molecule has 0 saturated carbocycles. The first-order valence-corrected chi connectivity index (χ1v) is 10.8. The van der Waals surface area contributed by atoms with Crippen molar-refractivity contribution in [2.24, 2.45) is 0 Å². The number of halogens is 1. The summed E-state index contributed by atoms with van der Waals surface area (Å²) in [6.45, 7) is 2.05. The molecular formula is C26H21ClN2O5. The number of ether oxygens (including phenoxy) is 2. The van der Waals surface area contributed by atoms with Crippen LogP contribution < -0.4 is 19.7 Å². The third kappa shape index (κ3) is 4.65. The molecule has 1 heterocycles. The number of urea groups is 1. The van der Waals surface area contributed by atoms with Gasteiger partial charge in [0.05, 0.1) is 12.8 Å². The molecule has 0 aromatic heterocycles. The van der Waals surface area contributed by atoms with Crippen molar-refractivity contribution in [3.63, 3.8) is 0 Å². The number of carbonyl (C=O) groups excluding carboxylic acids is 3. The van der Waals surface area contributed by atoms with Crippen LogP contribution in [0.5, 0.6) is 11.5 Å². The first-order valence-electron chi connectivity index (χ1n) is 10.4. The highest BCUT2D eigenvalue weighted by molar-refractivity contribution is 6.39. The van der Waals surface area contributed by atoms with E-state index in [0.717, 1.165) is 10.5 Å². The van der Waals surface area contributed by atoms with Crippen LogP contribution in [0.3, 0.4) is 0 Å². The fraction of sp³-hybridized carbons (Fsp3) is 0.115. The Morgan fingerprint density at radius 1 is 0.971 bits per heavy atom. The second-order valence-corrected chi connectivity index (χ2v) is 7.93. The van der Waals surface area contributed by atoms with E-state index in [1.54, 1.807) is 43.3 Å². The van der Waals surface area contributed by atoms with E-state index in [9.17, 15) is 14.4 Å². The summed E-state index contributed by atoms with van der Waals surface area (Å²) >= 11 is 6.16. The van der Waals surface area contributed by atoms with Gasteiger partial charge in [-0.1, -0.05) is 54.1 Å². The maximum Gasteiger partial charge on any atom is 0.335 e. The van der Waals surface area contributed by atoms with Crippen LogP contribution in [0.4, 0.5) is 10.5 Å². The first-order chi connectivity index (χ1) is 16.4. The lowest BCUT2D eigenvalue weighted by molar-refractivity contribution is -0.122. The molecule has 1 fully saturated rings. The van der Waals surface area contributed by atoms with Gasteiger partial charge < -0.3 is 9.47 Å². The van der Waals surface area contributed by atoms with Crippen molar-refractivity contribution in [2.45, 2.75) is 13.5 Å². The lowest BCUT2D eigenvalue weighted by atomic mass is 10.1. The Labute approximate surface area is 201 Å². The highest BCUT2D eigenvalue weighted by Gasteiger charge is 2.37. The molecule has 0 radical (unpaired) electrons. The van der Waals surface area contributed by atoms with Gasteiger partial charge in [-0.25, -0.2) is 9.69 Å². The minimum absolute atomic E-state index is 0.195. The number of nitrogens with zero attached hydrogens (tertiary/aromatic N) is 1. The lowest BCUT2D eigenvalue weighted by Gasteiger charge is -2.27. The number of barbiturate groups is 1. The summed E-state index contributed by atoms with van der Waals surface area (Å²) in [5.74, 6) is -0.580. The van der Waals surface area contributed by atoms with E-state index in [-0.39, 0.29) is 5.57 Å². The van der Waals surface area contributed by atoms with Crippen LogP contribution in [0.2, 0.25) is 5.02 Å². The van der Waals surface area contributed by atoms with E-state index in [2.05, 4.69) is 5.32 Å². The molecule has 0 spiro atoms. The Hall–Kier alpha value is -4.10. The minimum Gasteiger partial charge on any atom is -0.493 e. The molecule has 7 nitrogen and oxygen atoms in total. The topological polar surface area (TPSA) is 84.9 Å². The van der Waals surface area contributed by atoms with Crippen LogP contribution in [0.1, 0.15) is 16.7 Å². The zero-order chi connectivity index (χ0) is 24.2. The van der Waals surface area contributed by atoms with Gasteiger partial charge in [-0.05, 0) is 54.0 Å². The quantitative estimate of drug-likeness (QED) is 0.404. The predicted molar refractivity (Wildman–Crippen MR) is 129 cm³/mol. The Bertz CT molecular complexity index is 1300. The molecule has 0 bridgehead atoms. The highest BCUT2D eigenvalue weighted by atomic mass is 35.5. The van der Waals surface area contributed by atoms with Crippen LogP contribution >= 0.6 is 11.6 Å². The van der Waals surface area contributed by atoms with Crippen LogP contribution in [-0.2, 0) is 16.2 Å². The summed E-state index contributed by atoms with van der Waals surface area (Å²) in [7, 11) is 1.50. The number of nitrogens with one attached hydrogen (secondary N) is 1. The van der Waals surface area contributed by atoms with Crippen LogP contribution in [-0.4, -0.2) is 25.0 Å². The van der Waals surface area contributed by atoms with Gasteiger partial charge in [0.1, 0.15) is 12.2 Å². The molecule has 34 heavy (non-hydrogen) atoms. The molecule has 4 rings (SSSR count). The summed E-state index contributed by atoms with van der Waals surface area (Å²) in [5, 5.41) is 2.61. The number of benzene rings is 3. The highest BCUT2D eigenvalue weighted by Crippen LogP contribution is 2.32. The van der Waals surface area contributed by atoms with Gasteiger partial charge >= 0.3 is 6.03 Å². The minimum atomic E-state index is -0.834. The molecule has 1 N–H and O–H groups in total. The van der Waals surface area contributed by atoms with E-state index < -0.39 is 17.8 Å². The predicted octanol–water partition coefficient (Wildman–Crippen LogP) is 4.90. The van der Waals surface area contributed by atoms with Gasteiger partial charge in [-0.2, -0.15) is 0 Å². The van der Waals surface area contributed by atoms with Crippen molar-refractivity contribution in [3.05, 3.63) is 94.0 Å². The maximum atomic E-state index is 13.2. The molecular weight excluding hydrogens is 456 g/mol. The molecule has 0 aliphatic carbocycles. The Morgan fingerprint density at radius 2 is 1.74 bits per heavy atom. The van der Waals surface area contributed by atoms with Crippen molar-refractivity contribution in [2.75, 3.05) is 12.0 Å². The fourth-order valence-corrected chi connectivity index (χ4v) is 3.68. The summed E-state index contributed by atoms with van der Waals surface area (Å²) in [6.07, 6.45) is 1.40. The van der Waals surface area contributed by atoms with Crippen LogP contribution in [0.25, 0.3) is 6.08 Å². The lowest BCUT2D eigenvalue weighted by Crippen LogP contribution is -2.54. The normalized spacial score (nSPS) is 14.9. The van der Waals surface area contributed by atoms with Crippen molar-refractivity contribution >= 4 is 41.2 Å². The largest absolute Gasteiger partial charge is 0.493 e. The SMILES string of the molecule is COc1cc(/C=C2\C(=O)NC(=O)N(c3cccc(Cl)c3C)C2=O)ccc1OCc1ccccc1. The monoisotopic (exact) mass is 476 g/mol. The van der Waals surface area contributed by atoms with Crippen molar-refractivity contribution in [3.8, 4) is 11.5 Å². The number of anilines is 1. The molecule has 0 unspecified atom stereocenters. The Kier molecular flexibility index (Phi) is 6.65. The first kappa shape index (κ1) is 23.1. The fourth-order valence-electron chi connectivity index (χ4n) is 3.51. The van der Waals surface area contributed by atoms with Crippen LogP contribution in [0, 0.1) is 6.92 Å². The van der Waals surface area contributed by atoms with Gasteiger partial charge in [0.2, 0.25) is 0 Å². The van der Waals surface area contributed by atoms with E-state index >= 15 is 0 Å². The van der Waals surface area contributed by atoms with Gasteiger partial charge in [0.15, 0.2) is 11.5 Å². The molecule has 0 atom stereocenters. The molecule has 4 amide bonds. The average molecular weight is 477 g/mol. The van der Waals surface area contributed by atoms with E-state index in [1.165, 1.54) is 13.2 Å². The second kappa shape index (κ2) is 9.80. The zero-order valence-corrected chi connectivity index (χ0v) is 19.3. The van der Waals surface area contributed by atoms with Gasteiger partial charge in [-0.3, -0.25) is 14.9 Å². The number of rotatable bonds is 6. The number of amides is 4. The van der Waals surface area contributed by atoms with Crippen molar-refractivity contribution in [1.82, 2.24) is 5.32 Å².